The van der Waals surface area contributed by atoms with Crippen molar-refractivity contribution in [2.45, 2.75) is 322 Å². The molecular weight excluding hydrogens is 997 g/mol. The number of hydrogen-bond acceptors (Lipinski definition) is 6. The molecular formula is C75H126O6. The van der Waals surface area contributed by atoms with Crippen molar-refractivity contribution in [2.75, 3.05) is 13.2 Å². The van der Waals surface area contributed by atoms with E-state index < -0.39 is 6.10 Å². The molecule has 0 radical (unpaired) electrons. The maximum absolute atomic E-state index is 12.9. The first-order valence-electron chi connectivity index (χ1n) is 34.0. The molecule has 0 amide bonds. The topological polar surface area (TPSA) is 78.9 Å². The highest BCUT2D eigenvalue weighted by atomic mass is 16.6. The molecule has 0 aliphatic heterocycles. The van der Waals surface area contributed by atoms with E-state index in [1.54, 1.807) is 0 Å². The van der Waals surface area contributed by atoms with Gasteiger partial charge in [-0.05, 0) is 122 Å². The number of esters is 3. The third kappa shape index (κ3) is 66.5. The first-order valence-corrected chi connectivity index (χ1v) is 34.0. The van der Waals surface area contributed by atoms with Crippen LogP contribution in [0.4, 0.5) is 0 Å². The molecule has 0 aromatic heterocycles. The first kappa shape index (κ1) is 76.8. The van der Waals surface area contributed by atoms with Gasteiger partial charge < -0.3 is 14.2 Å². The summed E-state index contributed by atoms with van der Waals surface area (Å²) < 4.78 is 16.9. The smallest absolute Gasteiger partial charge is 0.306 e. The van der Waals surface area contributed by atoms with Crippen molar-refractivity contribution in [2.24, 2.45) is 0 Å². The molecule has 0 saturated heterocycles. The van der Waals surface area contributed by atoms with Crippen LogP contribution in [0.2, 0.25) is 0 Å². The van der Waals surface area contributed by atoms with Crippen molar-refractivity contribution in [3.63, 3.8) is 0 Å². The van der Waals surface area contributed by atoms with Crippen LogP contribution in [0.5, 0.6) is 0 Å². The summed E-state index contributed by atoms with van der Waals surface area (Å²) in [5.74, 6) is -0.908. The van der Waals surface area contributed by atoms with E-state index in [0.717, 1.165) is 148 Å². The summed E-state index contributed by atoms with van der Waals surface area (Å²) >= 11 is 0. The highest BCUT2D eigenvalue weighted by Crippen LogP contribution is 2.16. The molecule has 0 heterocycles. The van der Waals surface area contributed by atoms with Gasteiger partial charge in [0.1, 0.15) is 13.2 Å². The van der Waals surface area contributed by atoms with Gasteiger partial charge in [0, 0.05) is 19.3 Å². The molecule has 0 aromatic carbocycles. The Hall–Kier alpha value is -4.19. The number of unbranched alkanes of at least 4 members (excludes halogenated alkanes) is 30. The largest absolute Gasteiger partial charge is 0.462 e. The van der Waals surface area contributed by atoms with Crippen LogP contribution in [0.3, 0.4) is 0 Å². The molecule has 0 spiro atoms. The predicted molar refractivity (Wildman–Crippen MR) is 353 cm³/mol. The van der Waals surface area contributed by atoms with Gasteiger partial charge in [0.25, 0.3) is 0 Å². The summed E-state index contributed by atoms with van der Waals surface area (Å²) in [6.45, 7) is 6.44. The zero-order valence-corrected chi connectivity index (χ0v) is 53.0. The van der Waals surface area contributed by atoms with Gasteiger partial charge in [0.2, 0.25) is 0 Å². The van der Waals surface area contributed by atoms with Gasteiger partial charge in [-0.25, -0.2) is 0 Å². The van der Waals surface area contributed by atoms with Gasteiger partial charge in [0.15, 0.2) is 6.10 Å². The molecule has 0 aromatic rings. The Morgan fingerprint density at radius 3 is 0.753 bits per heavy atom. The van der Waals surface area contributed by atoms with Crippen LogP contribution < -0.4 is 0 Å². The molecule has 0 saturated carbocycles. The lowest BCUT2D eigenvalue weighted by Crippen LogP contribution is -2.30. The van der Waals surface area contributed by atoms with E-state index in [0.29, 0.717) is 19.3 Å². The van der Waals surface area contributed by atoms with Gasteiger partial charge >= 0.3 is 17.9 Å². The van der Waals surface area contributed by atoms with E-state index in [1.807, 2.05) is 0 Å². The maximum Gasteiger partial charge on any atom is 0.306 e. The van der Waals surface area contributed by atoms with Crippen LogP contribution in [-0.4, -0.2) is 37.2 Å². The molecule has 1 atom stereocenters. The molecule has 0 aliphatic carbocycles. The van der Waals surface area contributed by atoms with Gasteiger partial charge in [-0.2, -0.15) is 0 Å². The van der Waals surface area contributed by atoms with Crippen molar-refractivity contribution in [1.82, 2.24) is 0 Å². The molecule has 81 heavy (non-hydrogen) atoms. The predicted octanol–water partition coefficient (Wildman–Crippen LogP) is 23.6. The Morgan fingerprint density at radius 1 is 0.259 bits per heavy atom. The molecule has 6 nitrogen and oxygen atoms in total. The van der Waals surface area contributed by atoms with Crippen molar-refractivity contribution < 1.29 is 28.6 Å². The number of hydrogen-bond donors (Lipinski definition) is 0. The Balaban J connectivity index is 4.16. The second-order valence-electron chi connectivity index (χ2n) is 22.3. The third-order valence-corrected chi connectivity index (χ3v) is 14.4. The lowest BCUT2D eigenvalue weighted by molar-refractivity contribution is -0.167. The van der Waals surface area contributed by atoms with E-state index in [4.69, 9.17) is 14.2 Å². The summed E-state index contributed by atoms with van der Waals surface area (Å²) in [7, 11) is 0. The van der Waals surface area contributed by atoms with Crippen molar-refractivity contribution in [3.8, 4) is 0 Å². The maximum atomic E-state index is 12.9. The Labute approximate surface area is 501 Å². The normalized spacial score (nSPS) is 12.9. The second-order valence-corrected chi connectivity index (χ2v) is 22.3. The fourth-order valence-corrected chi connectivity index (χ4v) is 9.30. The molecule has 0 bridgehead atoms. The van der Waals surface area contributed by atoms with E-state index in [2.05, 4.69) is 142 Å². The quantitative estimate of drug-likeness (QED) is 0.0261. The number of carbonyl (C=O) groups excluding carboxylic acids is 3. The number of ether oxygens (including phenoxy) is 3. The van der Waals surface area contributed by atoms with Crippen LogP contribution in [0, 0.1) is 0 Å². The van der Waals surface area contributed by atoms with E-state index in [9.17, 15) is 14.4 Å². The molecule has 0 fully saturated rings. The van der Waals surface area contributed by atoms with E-state index >= 15 is 0 Å². The SMILES string of the molecule is CC/C=C\C/C=C\C/C=C\C/C=C\C/C=C\C/C=C\CCCCCCCCCCCCCCCCCCC(=O)OCC(COC(=O)CCCCCCC/C=C\C/C=C\CCCC)OC(=O)CCCCCCC/C=C\C/C=C\CCCC. The van der Waals surface area contributed by atoms with Crippen LogP contribution in [0.1, 0.15) is 316 Å². The summed E-state index contributed by atoms with van der Waals surface area (Å²) in [6, 6.07) is 0. The summed E-state index contributed by atoms with van der Waals surface area (Å²) in [5.41, 5.74) is 0. The average Bonchev–Trinajstić information content (AvgIpc) is 3.47. The standard InChI is InChI=1S/C75H126O6/c1-4-7-10-13-16-19-22-25-28-29-30-31-32-33-34-35-36-37-38-39-40-41-42-43-44-45-46-47-48-51-53-56-59-62-65-68-74(77)80-71-72(81-75(78)69-66-63-60-57-54-50-27-24-21-18-15-12-9-6-3)70-79-73(76)67-64-61-58-55-52-49-26-23-20-17-14-11-8-5-2/h7,10,14-19,23-28,30-31,33-34,36-37,72H,4-6,8-9,11-13,20-22,29,32,35,38-71H2,1-3H3/b10-7-,17-14-,18-15-,19-16-,26-23-,27-24-,28-25-,31-30-,34-33-,37-36-. The Morgan fingerprint density at radius 2 is 0.481 bits per heavy atom. The third-order valence-electron chi connectivity index (χ3n) is 14.4. The fraction of sp³-hybridized carbons (Fsp3) is 0.693. The molecule has 462 valence electrons. The van der Waals surface area contributed by atoms with Crippen molar-refractivity contribution >= 4 is 17.9 Å². The molecule has 6 heteroatoms. The van der Waals surface area contributed by atoms with Crippen LogP contribution in [0.15, 0.2) is 122 Å². The fourth-order valence-electron chi connectivity index (χ4n) is 9.30. The average molecular weight is 1120 g/mol. The highest BCUT2D eigenvalue weighted by molar-refractivity contribution is 5.71. The van der Waals surface area contributed by atoms with Gasteiger partial charge in [0.05, 0.1) is 0 Å². The molecule has 0 aliphatic rings. The van der Waals surface area contributed by atoms with Gasteiger partial charge in [-0.3, -0.25) is 14.4 Å². The van der Waals surface area contributed by atoms with Gasteiger partial charge in [-0.1, -0.05) is 296 Å². The van der Waals surface area contributed by atoms with E-state index in [1.165, 1.54) is 128 Å². The van der Waals surface area contributed by atoms with E-state index in [-0.39, 0.29) is 31.1 Å². The zero-order valence-electron chi connectivity index (χ0n) is 53.0. The minimum absolute atomic E-state index is 0.0875. The summed E-state index contributed by atoms with van der Waals surface area (Å²) in [5, 5.41) is 0. The number of allylic oxidation sites excluding steroid dienone is 20. The van der Waals surface area contributed by atoms with Crippen LogP contribution >= 0.6 is 0 Å². The lowest BCUT2D eigenvalue weighted by Gasteiger charge is -2.18. The first-order chi connectivity index (χ1) is 40.0. The van der Waals surface area contributed by atoms with Crippen molar-refractivity contribution in [1.29, 1.82) is 0 Å². The highest BCUT2D eigenvalue weighted by Gasteiger charge is 2.19. The summed E-state index contributed by atoms with van der Waals surface area (Å²) in [6.07, 6.45) is 95.1. The molecule has 0 rings (SSSR count). The van der Waals surface area contributed by atoms with Crippen LogP contribution in [0.25, 0.3) is 0 Å². The Kier molecular flexibility index (Phi) is 64.8. The second kappa shape index (κ2) is 68.3. The number of carbonyl (C=O) groups is 3. The minimum Gasteiger partial charge on any atom is -0.462 e. The van der Waals surface area contributed by atoms with Crippen molar-refractivity contribution in [3.05, 3.63) is 122 Å². The van der Waals surface area contributed by atoms with Crippen LogP contribution in [-0.2, 0) is 28.6 Å². The zero-order chi connectivity index (χ0) is 58.5. The molecule has 0 N–H and O–H groups in total. The monoisotopic (exact) mass is 1120 g/mol. The lowest BCUT2D eigenvalue weighted by atomic mass is 10.0. The number of rotatable bonds is 61. The molecule has 1 unspecified atom stereocenters. The van der Waals surface area contributed by atoms with Gasteiger partial charge in [-0.15, -0.1) is 0 Å². The minimum atomic E-state index is -0.792. The Bertz CT molecular complexity index is 1670. The summed E-state index contributed by atoms with van der Waals surface area (Å²) in [4.78, 5) is 38.3.